The Hall–Kier alpha value is -2.11. The lowest BCUT2D eigenvalue weighted by Gasteiger charge is -2.14. The third-order valence-corrected chi connectivity index (χ3v) is 3.70. The summed E-state index contributed by atoms with van der Waals surface area (Å²) in [6, 6.07) is 7.98. The van der Waals surface area contributed by atoms with Gasteiger partial charge >= 0.3 is 6.03 Å². The van der Waals surface area contributed by atoms with Gasteiger partial charge in [-0.25, -0.2) is 4.79 Å². The Balaban J connectivity index is 2.21. The maximum Gasteiger partial charge on any atom is 0.323 e. The number of nitrogens with one attached hydrogen (secondary N) is 2. The second kappa shape index (κ2) is 7.44. The number of aryl methyl sites for hydroxylation is 1. The number of hydrogen-bond donors (Lipinski definition) is 2. The number of methoxy groups -OCH3 is 2. The van der Waals surface area contributed by atoms with Crippen molar-refractivity contribution < 1.29 is 14.3 Å². The van der Waals surface area contributed by atoms with Gasteiger partial charge in [0.1, 0.15) is 11.5 Å². The van der Waals surface area contributed by atoms with E-state index in [0.717, 1.165) is 5.56 Å². The highest BCUT2D eigenvalue weighted by atomic mass is 35.5. The second-order valence-corrected chi connectivity index (χ2v) is 5.57. The molecule has 0 fully saturated rings. The number of carbonyl (C=O) groups is 1. The molecule has 0 saturated heterocycles. The summed E-state index contributed by atoms with van der Waals surface area (Å²) in [5.74, 6) is 0.857. The Morgan fingerprint density at radius 1 is 0.957 bits per heavy atom. The normalized spacial score (nSPS) is 10.1. The Bertz CT molecular complexity index is 736. The number of benzene rings is 2. The van der Waals surface area contributed by atoms with E-state index in [4.69, 9.17) is 32.7 Å². The zero-order chi connectivity index (χ0) is 17.0. The number of urea groups is 1. The molecule has 0 aliphatic rings. The van der Waals surface area contributed by atoms with E-state index in [9.17, 15) is 4.79 Å². The van der Waals surface area contributed by atoms with Gasteiger partial charge in [0.05, 0.1) is 24.9 Å². The van der Waals surface area contributed by atoms with Crippen LogP contribution in [0.5, 0.6) is 11.5 Å². The van der Waals surface area contributed by atoms with Crippen LogP contribution in [0, 0.1) is 6.92 Å². The Labute approximate surface area is 144 Å². The zero-order valence-corrected chi connectivity index (χ0v) is 14.4. The highest BCUT2D eigenvalue weighted by Crippen LogP contribution is 2.36. The lowest BCUT2D eigenvalue weighted by atomic mass is 10.2. The van der Waals surface area contributed by atoms with Crippen LogP contribution in [0.4, 0.5) is 16.2 Å². The zero-order valence-electron chi connectivity index (χ0n) is 12.9. The van der Waals surface area contributed by atoms with Crippen molar-refractivity contribution in [2.45, 2.75) is 6.92 Å². The van der Waals surface area contributed by atoms with E-state index in [1.54, 1.807) is 24.3 Å². The summed E-state index contributed by atoms with van der Waals surface area (Å²) < 4.78 is 10.4. The molecule has 0 aromatic heterocycles. The molecule has 0 unspecified atom stereocenters. The molecule has 2 rings (SSSR count). The molecule has 0 aliphatic carbocycles. The Morgan fingerprint density at radius 2 is 1.61 bits per heavy atom. The van der Waals surface area contributed by atoms with E-state index in [2.05, 4.69) is 10.6 Å². The fourth-order valence-corrected chi connectivity index (χ4v) is 2.37. The Kier molecular flexibility index (Phi) is 5.58. The molecule has 0 radical (unpaired) electrons. The van der Waals surface area contributed by atoms with Gasteiger partial charge in [0.2, 0.25) is 0 Å². The number of carbonyl (C=O) groups excluding carboxylic acids is 1. The van der Waals surface area contributed by atoms with Gasteiger partial charge in [-0.2, -0.15) is 0 Å². The molecular formula is C16H16Cl2N2O3. The van der Waals surface area contributed by atoms with Crippen molar-refractivity contribution in [3.8, 4) is 11.5 Å². The molecule has 2 aromatic rings. The molecule has 23 heavy (non-hydrogen) atoms. The molecule has 0 saturated carbocycles. The fourth-order valence-electron chi connectivity index (χ4n) is 1.96. The first-order valence-corrected chi connectivity index (χ1v) is 7.46. The van der Waals surface area contributed by atoms with E-state index < -0.39 is 6.03 Å². The van der Waals surface area contributed by atoms with Crippen molar-refractivity contribution in [1.29, 1.82) is 0 Å². The highest BCUT2D eigenvalue weighted by molar-refractivity contribution is 6.32. The SMILES string of the molecule is COc1cc(NC(=O)Nc2cc(Cl)ccc2C)c(OC)cc1Cl. The quantitative estimate of drug-likeness (QED) is 0.815. The molecule has 0 spiro atoms. The standard InChI is InChI=1S/C16H16Cl2N2O3/c1-9-4-5-10(17)6-12(9)19-16(21)20-13-8-14(22-2)11(18)7-15(13)23-3/h4-8H,1-3H3,(H2,19,20,21). The van der Waals surface area contributed by atoms with E-state index in [-0.39, 0.29) is 0 Å². The predicted octanol–water partition coefficient (Wildman–Crippen LogP) is 4.96. The van der Waals surface area contributed by atoms with E-state index in [0.29, 0.717) is 32.9 Å². The molecule has 5 nitrogen and oxygen atoms in total. The molecule has 0 aliphatic heterocycles. The van der Waals surface area contributed by atoms with Gasteiger partial charge in [0, 0.05) is 22.8 Å². The van der Waals surface area contributed by atoms with E-state index in [1.165, 1.54) is 14.2 Å². The van der Waals surface area contributed by atoms with Crippen molar-refractivity contribution in [3.05, 3.63) is 45.9 Å². The molecule has 2 N–H and O–H groups in total. The van der Waals surface area contributed by atoms with Gasteiger partial charge in [0.15, 0.2) is 0 Å². The first kappa shape index (κ1) is 17.2. The van der Waals surface area contributed by atoms with Crippen LogP contribution in [0.15, 0.2) is 30.3 Å². The number of anilines is 2. The third-order valence-electron chi connectivity index (χ3n) is 3.17. The molecule has 122 valence electrons. The smallest absolute Gasteiger partial charge is 0.323 e. The van der Waals surface area contributed by atoms with Gasteiger partial charge in [-0.05, 0) is 24.6 Å². The van der Waals surface area contributed by atoms with Crippen LogP contribution in [-0.2, 0) is 0 Å². The van der Waals surface area contributed by atoms with Crippen molar-refractivity contribution >= 4 is 40.6 Å². The van der Waals surface area contributed by atoms with Crippen LogP contribution in [0.3, 0.4) is 0 Å². The monoisotopic (exact) mass is 354 g/mol. The molecule has 2 amide bonds. The average Bonchev–Trinajstić information content (AvgIpc) is 2.52. The van der Waals surface area contributed by atoms with Gasteiger partial charge in [0.25, 0.3) is 0 Å². The minimum atomic E-state index is -0.432. The minimum Gasteiger partial charge on any atom is -0.495 e. The van der Waals surface area contributed by atoms with Crippen LogP contribution < -0.4 is 20.1 Å². The van der Waals surface area contributed by atoms with Crippen molar-refractivity contribution in [2.24, 2.45) is 0 Å². The fraction of sp³-hybridized carbons (Fsp3) is 0.188. The first-order valence-electron chi connectivity index (χ1n) is 6.70. The molecule has 0 heterocycles. The summed E-state index contributed by atoms with van der Waals surface area (Å²) in [6.45, 7) is 1.87. The largest absolute Gasteiger partial charge is 0.495 e. The van der Waals surface area contributed by atoms with Crippen LogP contribution in [0.1, 0.15) is 5.56 Å². The summed E-state index contributed by atoms with van der Waals surface area (Å²) in [7, 11) is 2.98. The molecule has 7 heteroatoms. The number of rotatable bonds is 4. The van der Waals surface area contributed by atoms with E-state index in [1.807, 2.05) is 13.0 Å². The van der Waals surface area contributed by atoms with Crippen molar-refractivity contribution in [2.75, 3.05) is 24.9 Å². The second-order valence-electron chi connectivity index (χ2n) is 4.73. The van der Waals surface area contributed by atoms with Crippen LogP contribution in [0.25, 0.3) is 0 Å². The molecule has 0 atom stereocenters. The van der Waals surface area contributed by atoms with E-state index >= 15 is 0 Å². The summed E-state index contributed by atoms with van der Waals surface area (Å²) in [5, 5.41) is 6.37. The molecule has 0 bridgehead atoms. The van der Waals surface area contributed by atoms with Crippen molar-refractivity contribution in [1.82, 2.24) is 0 Å². The van der Waals surface area contributed by atoms with Crippen molar-refractivity contribution in [3.63, 3.8) is 0 Å². The summed E-state index contributed by atoms with van der Waals surface area (Å²) in [6.07, 6.45) is 0. The maximum atomic E-state index is 12.2. The number of hydrogen-bond acceptors (Lipinski definition) is 3. The third kappa shape index (κ3) is 4.21. The lowest BCUT2D eigenvalue weighted by molar-refractivity contribution is 0.262. The summed E-state index contributed by atoms with van der Waals surface area (Å²) >= 11 is 12.0. The predicted molar refractivity (Wildman–Crippen MR) is 93.4 cm³/mol. The topological polar surface area (TPSA) is 59.6 Å². The van der Waals surface area contributed by atoms with Gasteiger partial charge < -0.3 is 20.1 Å². The maximum absolute atomic E-state index is 12.2. The summed E-state index contributed by atoms with van der Waals surface area (Å²) in [5.41, 5.74) is 1.95. The van der Waals surface area contributed by atoms with Gasteiger partial charge in [-0.1, -0.05) is 29.3 Å². The average molecular weight is 355 g/mol. The number of halogens is 2. The minimum absolute atomic E-state index is 0.390. The van der Waals surface area contributed by atoms with Gasteiger partial charge in [-0.15, -0.1) is 0 Å². The van der Waals surface area contributed by atoms with Crippen LogP contribution >= 0.6 is 23.2 Å². The van der Waals surface area contributed by atoms with Crippen LogP contribution in [0.2, 0.25) is 10.0 Å². The summed E-state index contributed by atoms with van der Waals surface area (Å²) in [4.78, 5) is 12.2. The van der Waals surface area contributed by atoms with Crippen LogP contribution in [-0.4, -0.2) is 20.3 Å². The highest BCUT2D eigenvalue weighted by Gasteiger charge is 2.13. The number of amides is 2. The first-order chi connectivity index (χ1) is 10.9. The number of ether oxygens (including phenoxy) is 2. The van der Waals surface area contributed by atoms with Gasteiger partial charge in [-0.3, -0.25) is 0 Å². The molecular weight excluding hydrogens is 339 g/mol. The molecule has 2 aromatic carbocycles. The Morgan fingerprint density at radius 3 is 2.26 bits per heavy atom. The lowest BCUT2D eigenvalue weighted by Crippen LogP contribution is -2.20.